The molecule has 20 heavy (non-hydrogen) atoms. The molecule has 0 aliphatic carbocycles. The van der Waals surface area contributed by atoms with E-state index in [4.69, 9.17) is 5.73 Å². The van der Waals surface area contributed by atoms with Crippen molar-refractivity contribution < 1.29 is 9.18 Å². The fourth-order valence-corrected chi connectivity index (χ4v) is 3.22. The maximum atomic E-state index is 13.3. The van der Waals surface area contributed by atoms with Crippen LogP contribution in [0.4, 0.5) is 14.9 Å². The van der Waals surface area contributed by atoms with Crippen LogP contribution in [0.25, 0.3) is 0 Å². The number of nitrogens with two attached hydrogens (primary N) is 1. The Morgan fingerprint density at radius 3 is 2.45 bits per heavy atom. The molecule has 1 aromatic rings. The van der Waals surface area contributed by atoms with Crippen LogP contribution in [-0.2, 0) is 0 Å². The van der Waals surface area contributed by atoms with Crippen LogP contribution in [0.15, 0.2) is 26.1 Å². The molecule has 0 saturated carbocycles. The molecule has 0 radical (unpaired) electrons. The lowest BCUT2D eigenvalue weighted by Crippen LogP contribution is -2.50. The smallest absolute Gasteiger partial charge is 0.326 e. The third-order valence-electron chi connectivity index (χ3n) is 2.52. The Kier molecular flexibility index (Phi) is 6.22. The molecule has 1 aliphatic heterocycles. The molecule has 2 rings (SSSR count). The van der Waals surface area contributed by atoms with Crippen molar-refractivity contribution in [1.29, 1.82) is 0 Å². The molecule has 9 heteroatoms. The molecule has 0 aromatic heterocycles. The molecule has 110 valence electrons. The van der Waals surface area contributed by atoms with Crippen LogP contribution in [0.1, 0.15) is 6.42 Å². The van der Waals surface area contributed by atoms with Crippen LogP contribution in [0.5, 0.6) is 0 Å². The van der Waals surface area contributed by atoms with E-state index in [1.165, 1.54) is 17.0 Å². The van der Waals surface area contributed by atoms with Crippen molar-refractivity contribution in [2.75, 3.05) is 18.0 Å². The van der Waals surface area contributed by atoms with Gasteiger partial charge in [-0.2, -0.15) is 0 Å². The van der Waals surface area contributed by atoms with Gasteiger partial charge in [-0.25, -0.2) is 14.1 Å². The van der Waals surface area contributed by atoms with E-state index in [9.17, 15) is 9.18 Å². The molecule has 3 N–H and O–H groups in total. The minimum Gasteiger partial charge on any atom is -0.355 e. The highest BCUT2D eigenvalue weighted by Crippen LogP contribution is 2.35. The van der Waals surface area contributed by atoms with Gasteiger partial charge in [0.25, 0.3) is 0 Å². The lowest BCUT2D eigenvalue weighted by molar-refractivity contribution is 0.256. The molecule has 0 saturated heterocycles. The second-order valence-electron chi connectivity index (χ2n) is 3.88. The highest BCUT2D eigenvalue weighted by Gasteiger charge is 2.25. The van der Waals surface area contributed by atoms with Crippen molar-refractivity contribution >= 4 is 61.9 Å². The SMILES string of the molecule is Cl.NC(=O)N(C1=NCCCN1)c1c(Br)cc(F)cc1Br. The minimum absolute atomic E-state index is 0. The predicted octanol–water partition coefficient (Wildman–Crippen LogP) is 3.01. The number of halogens is 4. The van der Waals surface area contributed by atoms with Gasteiger partial charge in [-0.05, 0) is 50.4 Å². The fraction of sp³-hybridized carbons (Fsp3) is 0.273. The molecule has 2 amide bonds. The van der Waals surface area contributed by atoms with Gasteiger partial charge in [0.05, 0.1) is 5.69 Å². The summed E-state index contributed by atoms with van der Waals surface area (Å²) in [6, 6.07) is 1.83. The zero-order valence-electron chi connectivity index (χ0n) is 10.2. The third kappa shape index (κ3) is 3.62. The Hall–Kier alpha value is -0.860. The molecule has 0 unspecified atom stereocenters. The molecule has 0 atom stereocenters. The van der Waals surface area contributed by atoms with Crippen molar-refractivity contribution in [3.8, 4) is 0 Å². The predicted molar refractivity (Wildman–Crippen MR) is 86.0 cm³/mol. The van der Waals surface area contributed by atoms with Crippen molar-refractivity contribution in [3.63, 3.8) is 0 Å². The first-order valence-corrected chi connectivity index (χ1v) is 7.11. The van der Waals surface area contributed by atoms with E-state index in [0.717, 1.165) is 6.42 Å². The second kappa shape index (κ2) is 7.24. The van der Waals surface area contributed by atoms with Crippen LogP contribution < -0.4 is 16.0 Å². The molecule has 1 aromatic carbocycles. The van der Waals surface area contributed by atoms with Crippen LogP contribution in [0.3, 0.4) is 0 Å². The number of hydrogen-bond acceptors (Lipinski definition) is 3. The number of nitrogens with zero attached hydrogens (tertiary/aromatic N) is 2. The second-order valence-corrected chi connectivity index (χ2v) is 5.59. The summed E-state index contributed by atoms with van der Waals surface area (Å²) >= 11 is 6.46. The number of hydrogen-bond donors (Lipinski definition) is 2. The van der Waals surface area contributed by atoms with Gasteiger partial charge < -0.3 is 11.1 Å². The summed E-state index contributed by atoms with van der Waals surface area (Å²) < 4.78 is 14.1. The number of guanidine groups is 1. The molecule has 5 nitrogen and oxygen atoms in total. The average molecular weight is 431 g/mol. The molecule has 1 aliphatic rings. The van der Waals surface area contributed by atoms with Crippen LogP contribution in [0.2, 0.25) is 0 Å². The van der Waals surface area contributed by atoms with Crippen LogP contribution >= 0.6 is 44.3 Å². The van der Waals surface area contributed by atoms with E-state index in [2.05, 4.69) is 42.2 Å². The largest absolute Gasteiger partial charge is 0.355 e. The van der Waals surface area contributed by atoms with Crippen molar-refractivity contribution in [2.45, 2.75) is 6.42 Å². The van der Waals surface area contributed by atoms with Gasteiger partial charge in [0, 0.05) is 22.0 Å². The highest BCUT2D eigenvalue weighted by atomic mass is 79.9. The summed E-state index contributed by atoms with van der Waals surface area (Å²) in [7, 11) is 0. The van der Waals surface area contributed by atoms with Gasteiger partial charge >= 0.3 is 6.03 Å². The van der Waals surface area contributed by atoms with Crippen molar-refractivity contribution in [2.24, 2.45) is 10.7 Å². The van der Waals surface area contributed by atoms with Gasteiger partial charge in [0.2, 0.25) is 5.96 Å². The summed E-state index contributed by atoms with van der Waals surface area (Å²) in [5.41, 5.74) is 5.82. The topological polar surface area (TPSA) is 70.7 Å². The number of anilines is 1. The number of urea groups is 1. The first kappa shape index (κ1) is 17.2. The number of carbonyl (C=O) groups is 1. The van der Waals surface area contributed by atoms with Gasteiger partial charge in [-0.1, -0.05) is 0 Å². The lowest BCUT2D eigenvalue weighted by Gasteiger charge is -2.27. The standard InChI is InChI=1S/C11H11Br2FN4O.ClH/c12-7-4-6(14)5-8(13)9(7)18(10(15)19)11-16-2-1-3-17-11;/h4-5H,1-3H2,(H2,15,19)(H,16,17);1H. The summed E-state index contributed by atoms with van der Waals surface area (Å²) in [4.78, 5) is 17.1. The molecule has 1 heterocycles. The maximum Gasteiger partial charge on any atom is 0.326 e. The van der Waals surface area contributed by atoms with Gasteiger partial charge in [-0.15, -0.1) is 12.4 Å². The first-order valence-electron chi connectivity index (χ1n) is 5.53. The number of carbonyl (C=O) groups excluding carboxylic acids is 1. The minimum atomic E-state index is -0.693. The zero-order valence-corrected chi connectivity index (χ0v) is 14.2. The Labute approximate surface area is 138 Å². The number of primary amides is 1. The Morgan fingerprint density at radius 1 is 1.40 bits per heavy atom. The number of benzene rings is 1. The first-order chi connectivity index (χ1) is 9.00. The van der Waals surface area contributed by atoms with Crippen LogP contribution in [-0.4, -0.2) is 25.1 Å². The van der Waals surface area contributed by atoms with Gasteiger partial charge in [0.1, 0.15) is 5.82 Å². The van der Waals surface area contributed by atoms with Gasteiger partial charge in [-0.3, -0.25) is 4.99 Å². The fourth-order valence-electron chi connectivity index (χ4n) is 1.74. The Balaban J connectivity index is 0.00000200. The molecular weight excluding hydrogens is 418 g/mol. The average Bonchev–Trinajstić information content (AvgIpc) is 2.34. The van der Waals surface area contributed by atoms with E-state index in [1.807, 2.05) is 0 Å². The van der Waals surface area contributed by atoms with Crippen molar-refractivity contribution in [3.05, 3.63) is 26.9 Å². The molecule has 0 fully saturated rings. The van der Waals surface area contributed by atoms with E-state index in [1.54, 1.807) is 0 Å². The number of nitrogens with one attached hydrogen (secondary N) is 1. The Morgan fingerprint density at radius 2 is 2.00 bits per heavy atom. The van der Waals surface area contributed by atoms with E-state index in [-0.39, 0.29) is 12.4 Å². The zero-order chi connectivity index (χ0) is 14.0. The monoisotopic (exact) mass is 428 g/mol. The number of aliphatic imine (C=N–C) groups is 1. The van der Waals surface area contributed by atoms with Crippen molar-refractivity contribution in [1.82, 2.24) is 5.32 Å². The number of rotatable bonds is 1. The normalized spacial score (nSPS) is 13.8. The lowest BCUT2D eigenvalue weighted by atomic mass is 10.3. The van der Waals surface area contributed by atoms with E-state index >= 15 is 0 Å². The Bertz CT molecular complexity index is 532. The van der Waals surface area contributed by atoms with Crippen LogP contribution in [0, 0.1) is 5.82 Å². The van der Waals surface area contributed by atoms with Gasteiger partial charge in [0.15, 0.2) is 0 Å². The summed E-state index contributed by atoms with van der Waals surface area (Å²) in [5.74, 6) is -0.0581. The molecular formula is C11H12Br2ClFN4O. The summed E-state index contributed by atoms with van der Waals surface area (Å²) in [5, 5.41) is 3.01. The summed E-state index contributed by atoms with van der Waals surface area (Å²) in [6.45, 7) is 1.32. The quantitative estimate of drug-likeness (QED) is 0.719. The highest BCUT2D eigenvalue weighted by molar-refractivity contribution is 9.11. The molecule has 0 spiro atoms. The maximum absolute atomic E-state index is 13.3. The number of amides is 2. The van der Waals surface area contributed by atoms with E-state index < -0.39 is 11.8 Å². The summed E-state index contributed by atoms with van der Waals surface area (Å²) in [6.07, 6.45) is 0.891. The molecule has 0 bridgehead atoms. The van der Waals surface area contributed by atoms with E-state index in [0.29, 0.717) is 33.7 Å². The third-order valence-corrected chi connectivity index (χ3v) is 3.73.